The van der Waals surface area contributed by atoms with Crippen molar-refractivity contribution in [1.29, 1.82) is 0 Å². The Balaban J connectivity index is 4.68. The second-order valence-corrected chi connectivity index (χ2v) is 4.35. The fourth-order valence-corrected chi connectivity index (χ4v) is 1.08. The molecule has 0 aromatic rings. The van der Waals surface area contributed by atoms with Crippen LogP contribution >= 0.6 is 0 Å². The van der Waals surface area contributed by atoms with E-state index in [0.717, 1.165) is 0 Å². The van der Waals surface area contributed by atoms with E-state index in [-0.39, 0.29) is 0 Å². The van der Waals surface area contributed by atoms with Crippen molar-refractivity contribution in [1.82, 2.24) is 5.32 Å². The molecule has 18 heavy (non-hydrogen) atoms. The zero-order valence-electron chi connectivity index (χ0n) is 10.8. The van der Waals surface area contributed by atoms with E-state index in [1.54, 1.807) is 19.2 Å². The first-order valence-electron chi connectivity index (χ1n) is 5.67. The summed E-state index contributed by atoms with van der Waals surface area (Å²) in [5.74, 6) is -3.48. The zero-order chi connectivity index (χ0) is 14.5. The molecule has 0 aliphatic rings. The Morgan fingerprint density at radius 3 is 2.06 bits per heavy atom. The molecule has 0 aliphatic heterocycles. The molecule has 0 radical (unpaired) electrons. The Labute approximate surface area is 104 Å². The average Bonchev–Trinajstić information content (AvgIpc) is 2.22. The van der Waals surface area contributed by atoms with Crippen LogP contribution in [0.15, 0.2) is 0 Å². The van der Waals surface area contributed by atoms with Gasteiger partial charge in [-0.1, -0.05) is 20.8 Å². The van der Waals surface area contributed by atoms with Crippen LogP contribution in [0.4, 0.5) is 13.2 Å². The van der Waals surface area contributed by atoms with Gasteiger partial charge in [-0.3, -0.25) is 4.79 Å². The molecule has 106 valence electrons. The van der Waals surface area contributed by atoms with Crippen LogP contribution in [0.25, 0.3) is 0 Å². The summed E-state index contributed by atoms with van der Waals surface area (Å²) < 4.78 is 41.2. The van der Waals surface area contributed by atoms with E-state index in [1.807, 2.05) is 0 Å². The summed E-state index contributed by atoms with van der Waals surface area (Å²) in [5, 5.41) is 1.65. The minimum atomic E-state index is -5.01. The van der Waals surface area contributed by atoms with Crippen LogP contribution in [0, 0.1) is 5.92 Å². The van der Waals surface area contributed by atoms with Gasteiger partial charge in [-0.15, -0.1) is 0 Å². The van der Waals surface area contributed by atoms with Gasteiger partial charge < -0.3 is 10.1 Å². The minimum absolute atomic E-state index is 0.401. The number of amides is 1. The fraction of sp³-hybridized carbons (Fsp3) is 0.818. The van der Waals surface area contributed by atoms with Gasteiger partial charge in [0.25, 0.3) is 0 Å². The summed E-state index contributed by atoms with van der Waals surface area (Å²) in [6.07, 6.45) is -4.87. The van der Waals surface area contributed by atoms with Crippen LogP contribution < -0.4 is 5.32 Å². The molecular formula is C11H18F3NO3. The third-order valence-corrected chi connectivity index (χ3v) is 2.36. The summed E-state index contributed by atoms with van der Waals surface area (Å²) in [5.41, 5.74) is 0. The van der Waals surface area contributed by atoms with Crippen molar-refractivity contribution < 1.29 is 27.5 Å². The second kappa shape index (κ2) is 6.61. The highest BCUT2D eigenvalue weighted by molar-refractivity contribution is 5.87. The maximum absolute atomic E-state index is 12.1. The summed E-state index contributed by atoms with van der Waals surface area (Å²) in [6.45, 7) is 6.45. The molecule has 1 amide bonds. The lowest BCUT2D eigenvalue weighted by Gasteiger charge is -2.23. The first-order valence-corrected chi connectivity index (χ1v) is 5.67. The van der Waals surface area contributed by atoms with Gasteiger partial charge in [-0.2, -0.15) is 13.2 Å². The molecule has 0 saturated carbocycles. The van der Waals surface area contributed by atoms with E-state index >= 15 is 0 Å². The van der Waals surface area contributed by atoms with Crippen LogP contribution in [-0.4, -0.2) is 30.2 Å². The van der Waals surface area contributed by atoms with Crippen LogP contribution in [-0.2, 0) is 14.3 Å². The minimum Gasteiger partial charge on any atom is -0.461 e. The summed E-state index contributed by atoms with van der Waals surface area (Å²) in [6, 6.07) is -1.30. The summed E-state index contributed by atoms with van der Waals surface area (Å²) in [7, 11) is 0. The number of carbonyl (C=O) groups excluding carboxylic acids is 2. The molecule has 0 unspecified atom stereocenters. The van der Waals surface area contributed by atoms with Crippen molar-refractivity contribution in [3.05, 3.63) is 0 Å². The lowest BCUT2D eigenvalue weighted by molar-refractivity contribution is -0.177. The van der Waals surface area contributed by atoms with Gasteiger partial charge in [0.05, 0.1) is 6.10 Å². The Kier molecular flexibility index (Phi) is 6.14. The fourth-order valence-electron chi connectivity index (χ4n) is 1.08. The number of hydrogen-bond donors (Lipinski definition) is 1. The zero-order valence-corrected chi connectivity index (χ0v) is 10.8. The molecule has 0 fully saturated rings. The van der Waals surface area contributed by atoms with Crippen molar-refractivity contribution in [2.24, 2.45) is 5.92 Å². The predicted octanol–water partition coefficient (Wildman–Crippen LogP) is 2.03. The Hall–Kier alpha value is -1.27. The molecule has 0 rings (SSSR count). The van der Waals surface area contributed by atoms with E-state index in [0.29, 0.717) is 6.42 Å². The van der Waals surface area contributed by atoms with E-state index < -0.39 is 36.1 Å². The quantitative estimate of drug-likeness (QED) is 0.777. The van der Waals surface area contributed by atoms with E-state index in [1.165, 1.54) is 13.8 Å². The van der Waals surface area contributed by atoms with Gasteiger partial charge in [0.15, 0.2) is 0 Å². The summed E-state index contributed by atoms with van der Waals surface area (Å²) in [4.78, 5) is 22.4. The second-order valence-electron chi connectivity index (χ2n) is 4.35. The molecule has 0 saturated heterocycles. The first kappa shape index (κ1) is 16.7. The normalized spacial score (nSPS) is 15.1. The van der Waals surface area contributed by atoms with Gasteiger partial charge in [0.2, 0.25) is 0 Å². The molecule has 0 bridgehead atoms. The standard InChI is InChI=1S/C11H18F3NO3/c1-5-7(4)18-9(16)8(6(2)3)15-10(17)11(12,13)14/h6-8H,5H2,1-4H3,(H,15,17)/t7-,8+/m0/s1. The van der Waals surface area contributed by atoms with Gasteiger partial charge in [0, 0.05) is 0 Å². The van der Waals surface area contributed by atoms with Crippen molar-refractivity contribution >= 4 is 11.9 Å². The third kappa shape index (κ3) is 5.37. The molecule has 2 atom stereocenters. The highest BCUT2D eigenvalue weighted by Crippen LogP contribution is 2.16. The number of esters is 1. The van der Waals surface area contributed by atoms with Crippen molar-refractivity contribution in [2.45, 2.75) is 52.4 Å². The van der Waals surface area contributed by atoms with Crippen LogP contribution in [0.5, 0.6) is 0 Å². The van der Waals surface area contributed by atoms with Gasteiger partial charge in [0.1, 0.15) is 6.04 Å². The topological polar surface area (TPSA) is 55.4 Å². The lowest BCUT2D eigenvalue weighted by Crippen LogP contribution is -2.50. The molecule has 1 N–H and O–H groups in total. The van der Waals surface area contributed by atoms with Crippen molar-refractivity contribution in [3.8, 4) is 0 Å². The summed E-state index contributed by atoms with van der Waals surface area (Å²) >= 11 is 0. The highest BCUT2D eigenvalue weighted by atomic mass is 19.4. The molecular weight excluding hydrogens is 251 g/mol. The van der Waals surface area contributed by atoms with Gasteiger partial charge in [-0.25, -0.2) is 4.79 Å². The van der Waals surface area contributed by atoms with Crippen molar-refractivity contribution in [3.63, 3.8) is 0 Å². The van der Waals surface area contributed by atoms with Gasteiger partial charge in [-0.05, 0) is 19.3 Å². The molecule has 4 nitrogen and oxygen atoms in total. The number of alkyl halides is 3. The number of hydrogen-bond acceptors (Lipinski definition) is 3. The largest absolute Gasteiger partial charge is 0.471 e. The Bertz CT molecular complexity index is 302. The molecule has 0 spiro atoms. The SMILES string of the molecule is CC[C@H](C)OC(=O)[C@H](NC(=O)C(F)(F)F)C(C)C. The predicted molar refractivity (Wildman–Crippen MR) is 58.7 cm³/mol. The number of carbonyl (C=O) groups is 2. The number of rotatable bonds is 5. The first-order chi connectivity index (χ1) is 8.09. The van der Waals surface area contributed by atoms with Crippen molar-refractivity contribution in [2.75, 3.05) is 0 Å². The highest BCUT2D eigenvalue weighted by Gasteiger charge is 2.41. The lowest BCUT2D eigenvalue weighted by atomic mass is 10.0. The molecule has 7 heteroatoms. The van der Waals surface area contributed by atoms with E-state index in [9.17, 15) is 22.8 Å². The monoisotopic (exact) mass is 269 g/mol. The van der Waals surface area contributed by atoms with Gasteiger partial charge >= 0.3 is 18.1 Å². The third-order valence-electron chi connectivity index (χ3n) is 2.36. The van der Waals surface area contributed by atoms with Crippen LogP contribution in [0.2, 0.25) is 0 Å². The van der Waals surface area contributed by atoms with Crippen LogP contribution in [0.3, 0.4) is 0 Å². The molecule has 0 aromatic carbocycles. The van der Waals surface area contributed by atoms with E-state index in [4.69, 9.17) is 4.74 Å². The smallest absolute Gasteiger partial charge is 0.461 e. The maximum Gasteiger partial charge on any atom is 0.471 e. The Morgan fingerprint density at radius 1 is 1.22 bits per heavy atom. The van der Waals surface area contributed by atoms with Crippen LogP contribution in [0.1, 0.15) is 34.1 Å². The maximum atomic E-state index is 12.1. The number of halogens is 3. The average molecular weight is 269 g/mol. The number of ether oxygens (including phenoxy) is 1. The molecule has 0 heterocycles. The number of nitrogens with one attached hydrogen (secondary N) is 1. The Morgan fingerprint density at radius 2 is 1.72 bits per heavy atom. The molecule has 0 aromatic heterocycles. The van der Waals surface area contributed by atoms with E-state index in [2.05, 4.69) is 0 Å². The molecule has 0 aliphatic carbocycles.